The van der Waals surface area contributed by atoms with Gasteiger partial charge >= 0.3 is 0 Å². The van der Waals surface area contributed by atoms with E-state index in [0.717, 1.165) is 6.20 Å². The molecule has 2 aliphatic heterocycles. The number of piperazine rings is 1. The summed E-state index contributed by atoms with van der Waals surface area (Å²) < 4.78 is 45.9. The van der Waals surface area contributed by atoms with Crippen LogP contribution in [0, 0.1) is 5.13 Å². The number of aromatic nitrogens is 1. The summed E-state index contributed by atoms with van der Waals surface area (Å²) in [6, 6.07) is 5.87. The predicted octanol–water partition coefficient (Wildman–Crippen LogP) is 1.37. The van der Waals surface area contributed by atoms with E-state index in [0.29, 0.717) is 62.7 Å². The van der Waals surface area contributed by atoms with Gasteiger partial charge in [-0.1, -0.05) is 28.6 Å². The van der Waals surface area contributed by atoms with E-state index >= 15 is 0 Å². The number of anilines is 1. The third-order valence-electron chi connectivity index (χ3n) is 5.32. The highest BCUT2D eigenvalue weighted by molar-refractivity contribution is 7.89. The van der Waals surface area contributed by atoms with Crippen LogP contribution in [0.2, 0.25) is 0 Å². The third-order valence-corrected chi connectivity index (χ3v) is 7.94. The van der Waals surface area contributed by atoms with E-state index in [-0.39, 0.29) is 21.8 Å². The van der Waals surface area contributed by atoms with E-state index in [2.05, 4.69) is 20.4 Å². The van der Waals surface area contributed by atoms with Gasteiger partial charge in [-0.05, 0) is 19.2 Å². The van der Waals surface area contributed by atoms with Crippen molar-refractivity contribution in [2.45, 2.75) is 17.4 Å². The Morgan fingerprint density at radius 1 is 1.27 bits per heavy atom. The van der Waals surface area contributed by atoms with Crippen LogP contribution in [-0.2, 0) is 24.4 Å². The molecule has 2 aromatic rings. The molecule has 4 rings (SSSR count). The summed E-state index contributed by atoms with van der Waals surface area (Å²) >= 11 is 0.680. The minimum absolute atomic E-state index is 0.0728. The minimum Gasteiger partial charge on any atom is -0.389 e. The molecule has 1 atom stereocenters. The number of nitrogens with one attached hydrogen (secondary N) is 1. The molecule has 178 valence electrons. The highest BCUT2D eigenvalue weighted by Crippen LogP contribution is 2.20. The molecule has 2 aliphatic rings. The summed E-state index contributed by atoms with van der Waals surface area (Å²) in [5.74, 6) is -0.655. The zero-order chi connectivity index (χ0) is 23.4. The van der Waals surface area contributed by atoms with Crippen molar-refractivity contribution in [3.63, 3.8) is 0 Å². The highest BCUT2D eigenvalue weighted by Gasteiger charge is 2.28. The first-order valence-electron chi connectivity index (χ1n) is 10.4. The Morgan fingerprint density at radius 3 is 2.61 bits per heavy atom. The second kappa shape index (κ2) is 10.2. The Bertz CT molecular complexity index is 1110. The Morgan fingerprint density at radius 2 is 2.00 bits per heavy atom. The number of ether oxygens (including phenoxy) is 1. The molecule has 1 amide bonds. The molecule has 1 aromatic heterocycles. The lowest BCUT2D eigenvalue weighted by atomic mass is 10.1. The van der Waals surface area contributed by atoms with Gasteiger partial charge in [0.1, 0.15) is 0 Å². The van der Waals surface area contributed by atoms with E-state index in [9.17, 15) is 17.6 Å². The fourth-order valence-corrected chi connectivity index (χ4v) is 5.34. The van der Waals surface area contributed by atoms with Crippen molar-refractivity contribution >= 4 is 38.1 Å². The average molecular weight is 498 g/mol. The second-order valence-electron chi connectivity index (χ2n) is 7.69. The number of amides is 1. The molecule has 2 fully saturated rings. The zero-order valence-electron chi connectivity index (χ0n) is 17.9. The SMILES string of the molecule is CN1CCN(S(=O)(=O)c2ccc(/C(=N\O[C@@H]3CCOC3)C(=O)Nc3ncc(F)s3)cc2)CC1. The molecular formula is C20H24FN5O5S2. The number of hydrogen-bond donors (Lipinski definition) is 1. The van der Waals surface area contributed by atoms with Gasteiger partial charge in [0.05, 0.1) is 24.3 Å². The Hall–Kier alpha value is -2.45. The topological polar surface area (TPSA) is 113 Å². The van der Waals surface area contributed by atoms with Crippen LogP contribution in [0.5, 0.6) is 0 Å². The number of thiazole rings is 1. The summed E-state index contributed by atoms with van der Waals surface area (Å²) in [6.07, 6.45) is 1.35. The molecule has 13 heteroatoms. The molecule has 1 aromatic carbocycles. The van der Waals surface area contributed by atoms with Gasteiger partial charge in [0.15, 0.2) is 22.1 Å². The lowest BCUT2D eigenvalue weighted by Gasteiger charge is -2.31. The van der Waals surface area contributed by atoms with Crippen LogP contribution in [0.1, 0.15) is 12.0 Å². The number of benzene rings is 1. The molecule has 1 N–H and O–H groups in total. The summed E-state index contributed by atoms with van der Waals surface area (Å²) in [5.41, 5.74) is 0.266. The maximum atomic E-state index is 13.3. The van der Waals surface area contributed by atoms with Crippen molar-refractivity contribution < 1.29 is 27.2 Å². The van der Waals surface area contributed by atoms with Gasteiger partial charge in [0, 0.05) is 38.2 Å². The predicted molar refractivity (Wildman–Crippen MR) is 120 cm³/mol. The van der Waals surface area contributed by atoms with E-state index in [1.54, 1.807) is 0 Å². The molecule has 0 bridgehead atoms. The van der Waals surface area contributed by atoms with Gasteiger partial charge in [-0.2, -0.15) is 8.70 Å². The van der Waals surface area contributed by atoms with Crippen molar-refractivity contribution in [2.75, 3.05) is 51.8 Å². The number of hydrogen-bond acceptors (Lipinski definition) is 9. The van der Waals surface area contributed by atoms with Gasteiger partial charge in [-0.15, -0.1) is 0 Å². The van der Waals surface area contributed by atoms with Crippen molar-refractivity contribution in [3.05, 3.63) is 41.2 Å². The van der Waals surface area contributed by atoms with Gasteiger partial charge in [-0.3, -0.25) is 10.1 Å². The Balaban J connectivity index is 1.55. The van der Waals surface area contributed by atoms with Gasteiger partial charge in [0.25, 0.3) is 5.91 Å². The molecule has 0 unspecified atom stereocenters. The monoisotopic (exact) mass is 497 g/mol. The molecule has 0 spiro atoms. The smallest absolute Gasteiger partial charge is 0.280 e. The normalized spacial score (nSPS) is 20.7. The van der Waals surface area contributed by atoms with Crippen LogP contribution < -0.4 is 5.32 Å². The second-order valence-corrected chi connectivity index (χ2v) is 10.6. The standard InChI is InChI=1S/C20H24FN5O5S2/c1-25-7-9-26(10-8-25)33(28,29)16-4-2-14(3-5-16)18(24-31-15-6-11-30-13-15)19(27)23-20-22-12-17(21)32-20/h2-5,12,15H,6-11,13H2,1H3,(H,22,23,27)/b24-18+/t15-/m1/s1. The molecule has 0 radical (unpaired) electrons. The summed E-state index contributed by atoms with van der Waals surface area (Å²) in [5, 5.41) is 6.04. The average Bonchev–Trinajstić information content (AvgIpc) is 3.46. The maximum Gasteiger partial charge on any atom is 0.280 e. The molecule has 3 heterocycles. The minimum atomic E-state index is -3.65. The van der Waals surface area contributed by atoms with Crippen molar-refractivity contribution in [2.24, 2.45) is 5.16 Å². The fraction of sp³-hybridized carbons (Fsp3) is 0.450. The lowest BCUT2D eigenvalue weighted by Crippen LogP contribution is -2.47. The molecule has 33 heavy (non-hydrogen) atoms. The van der Waals surface area contributed by atoms with Crippen molar-refractivity contribution in [1.82, 2.24) is 14.2 Å². The zero-order valence-corrected chi connectivity index (χ0v) is 19.6. The quantitative estimate of drug-likeness (QED) is 0.454. The van der Waals surface area contributed by atoms with Crippen molar-refractivity contribution in [3.8, 4) is 0 Å². The molecule has 2 saturated heterocycles. The van der Waals surface area contributed by atoms with Crippen LogP contribution in [0.15, 0.2) is 40.5 Å². The van der Waals surface area contributed by atoms with Gasteiger partial charge in [0.2, 0.25) is 10.0 Å². The first-order valence-corrected chi connectivity index (χ1v) is 12.6. The van der Waals surface area contributed by atoms with Gasteiger partial charge in [-0.25, -0.2) is 13.4 Å². The summed E-state index contributed by atoms with van der Waals surface area (Å²) in [7, 11) is -1.70. The number of carbonyl (C=O) groups excluding carboxylic acids is 1. The number of carbonyl (C=O) groups is 1. The molecule has 0 saturated carbocycles. The number of nitrogens with zero attached hydrogens (tertiary/aromatic N) is 4. The third kappa shape index (κ3) is 5.73. The largest absolute Gasteiger partial charge is 0.389 e. The van der Waals surface area contributed by atoms with Crippen LogP contribution >= 0.6 is 11.3 Å². The van der Waals surface area contributed by atoms with Crippen LogP contribution in [0.4, 0.5) is 9.52 Å². The van der Waals surface area contributed by atoms with Gasteiger partial charge < -0.3 is 14.5 Å². The number of sulfonamides is 1. The molecule has 0 aliphatic carbocycles. The maximum absolute atomic E-state index is 13.3. The Labute approximate surface area is 195 Å². The first-order chi connectivity index (χ1) is 15.8. The van der Waals surface area contributed by atoms with E-state index < -0.39 is 21.1 Å². The first kappa shape index (κ1) is 23.7. The molecule has 10 nitrogen and oxygen atoms in total. The van der Waals surface area contributed by atoms with Crippen molar-refractivity contribution in [1.29, 1.82) is 0 Å². The summed E-state index contributed by atoms with van der Waals surface area (Å²) in [6.45, 7) is 3.05. The Kier molecular flexibility index (Phi) is 7.34. The lowest BCUT2D eigenvalue weighted by molar-refractivity contribution is -0.110. The fourth-order valence-electron chi connectivity index (χ4n) is 3.38. The number of likely N-dealkylation sites (N-methyl/N-ethyl adjacent to an activating group) is 1. The number of oxime groups is 1. The summed E-state index contributed by atoms with van der Waals surface area (Å²) in [4.78, 5) is 24.3. The van der Waals surface area contributed by atoms with Crippen LogP contribution in [0.25, 0.3) is 0 Å². The van der Waals surface area contributed by atoms with E-state index in [1.165, 1.54) is 28.6 Å². The van der Waals surface area contributed by atoms with Crippen LogP contribution in [-0.4, -0.2) is 86.8 Å². The molecular weight excluding hydrogens is 473 g/mol. The highest BCUT2D eigenvalue weighted by atomic mass is 32.2. The van der Waals surface area contributed by atoms with E-state index in [1.807, 2.05) is 7.05 Å². The van der Waals surface area contributed by atoms with E-state index in [4.69, 9.17) is 9.57 Å². The number of rotatable bonds is 7. The number of halogens is 1. The van der Waals surface area contributed by atoms with Crippen LogP contribution in [0.3, 0.4) is 0 Å².